The van der Waals surface area contributed by atoms with Crippen molar-refractivity contribution >= 4 is 12.0 Å². The first-order valence-corrected chi connectivity index (χ1v) is 30.3. The minimum Gasteiger partial charge on any atom is -0.447 e. The topological polar surface area (TPSA) is 204 Å². The van der Waals surface area contributed by atoms with Crippen LogP contribution >= 0.6 is 0 Å². The average Bonchev–Trinajstić information content (AvgIpc) is 3.39. The molecule has 1 aliphatic rings. The lowest BCUT2D eigenvalue weighted by atomic mass is 9.99. The minimum absolute atomic E-state index is 0.0554. The Morgan fingerprint density at radius 1 is 0.452 bits per heavy atom. The number of carbonyl (C=O) groups is 2. The summed E-state index contributed by atoms with van der Waals surface area (Å²) >= 11 is 0. The maximum atomic E-state index is 12.6. The second-order valence-corrected chi connectivity index (χ2v) is 20.7. The third kappa shape index (κ3) is 44.1. The van der Waals surface area contributed by atoms with Crippen LogP contribution in [0.25, 0.3) is 0 Å². The highest BCUT2D eigenvalue weighted by Gasteiger charge is 2.44. The molecule has 1 aliphatic heterocycles. The number of aliphatic hydroxyl groups excluding tert-OH is 4. The molecular weight excluding hydrogens is 933 g/mol. The standard InChI is InChI=1S/C58H114N2O13/c1-3-5-7-9-11-13-15-17-19-21-23-25-27-29-31-36-41-69-49-51(70-42-37-32-30-28-26-24-22-20-18-16-14-12-10-8-6-4-2)50-72-58(66)60-39-35-33-34-38-53(62)59-40-43-67-44-45-68-46-47-71-57-56(65)55(64)54(63)52(48-61)73-57/h51-52,54-57,61,63-65H,3-50H2,1-2H3,(H,59,62)(H,60,66)/t51-,52?,54+,55?,56+,57-/m0/s1. The van der Waals surface area contributed by atoms with Crippen molar-refractivity contribution < 1.29 is 63.2 Å². The predicted molar refractivity (Wildman–Crippen MR) is 292 cm³/mol. The molecule has 0 bridgehead atoms. The lowest BCUT2D eigenvalue weighted by Gasteiger charge is -2.39. The fraction of sp³-hybridized carbons (Fsp3) is 0.966. The molecule has 1 rings (SSSR count). The summed E-state index contributed by atoms with van der Waals surface area (Å²) in [5, 5.41) is 44.6. The molecule has 434 valence electrons. The van der Waals surface area contributed by atoms with Gasteiger partial charge in [-0.1, -0.05) is 213 Å². The summed E-state index contributed by atoms with van der Waals surface area (Å²) in [5.41, 5.74) is 0. The van der Waals surface area contributed by atoms with Gasteiger partial charge in [0.15, 0.2) is 6.29 Å². The van der Waals surface area contributed by atoms with Crippen LogP contribution in [0.3, 0.4) is 0 Å². The molecule has 2 unspecified atom stereocenters. The molecule has 0 aromatic rings. The molecule has 0 aromatic heterocycles. The SMILES string of the molecule is CCCCCCCCCCCCCCCCCCOC[C@@H](COC(=O)NCCCCCC(=O)NCCOCCOCCO[C@H]1OC(CO)[C@@H](O)C(O)[C@H]1O)OCCCCCCCCCCCCCCCCCC. The first-order chi connectivity index (χ1) is 35.8. The molecule has 6 atom stereocenters. The van der Waals surface area contributed by atoms with Crippen LogP contribution < -0.4 is 10.6 Å². The Labute approximate surface area is 445 Å². The third-order valence-corrected chi connectivity index (χ3v) is 13.8. The molecule has 0 radical (unpaired) electrons. The number of carbonyl (C=O) groups excluding carboxylic acids is 2. The van der Waals surface area contributed by atoms with Crippen LogP contribution in [0.1, 0.15) is 245 Å². The van der Waals surface area contributed by atoms with Gasteiger partial charge in [0.2, 0.25) is 5.91 Å². The molecule has 15 heteroatoms. The summed E-state index contributed by atoms with van der Waals surface area (Å²) in [5.74, 6) is -0.0554. The Balaban J connectivity index is 2.16. The molecule has 2 amide bonds. The number of alkyl carbamates (subject to hydrolysis) is 1. The van der Waals surface area contributed by atoms with E-state index >= 15 is 0 Å². The van der Waals surface area contributed by atoms with Crippen molar-refractivity contribution in [1.29, 1.82) is 0 Å². The zero-order chi connectivity index (χ0) is 52.9. The van der Waals surface area contributed by atoms with Gasteiger partial charge >= 0.3 is 6.09 Å². The van der Waals surface area contributed by atoms with Crippen LogP contribution in [0.2, 0.25) is 0 Å². The number of ether oxygens (including phenoxy) is 7. The Kier molecular flexibility index (Phi) is 51.0. The van der Waals surface area contributed by atoms with E-state index < -0.39 is 43.4 Å². The molecule has 0 saturated carbocycles. The summed E-state index contributed by atoms with van der Waals surface area (Å²) in [6, 6.07) is 0. The van der Waals surface area contributed by atoms with E-state index in [0.29, 0.717) is 59.0 Å². The highest BCUT2D eigenvalue weighted by atomic mass is 16.7. The molecule has 1 fully saturated rings. The van der Waals surface area contributed by atoms with Crippen molar-refractivity contribution in [2.45, 2.75) is 282 Å². The van der Waals surface area contributed by atoms with Gasteiger partial charge in [-0.05, 0) is 25.7 Å². The van der Waals surface area contributed by atoms with Gasteiger partial charge in [0.05, 0.1) is 46.2 Å². The fourth-order valence-electron chi connectivity index (χ4n) is 9.11. The molecule has 0 spiro atoms. The van der Waals surface area contributed by atoms with Crippen LogP contribution in [0, 0.1) is 0 Å². The second-order valence-electron chi connectivity index (χ2n) is 20.7. The Morgan fingerprint density at radius 3 is 1.41 bits per heavy atom. The molecular formula is C58H114N2O13. The highest BCUT2D eigenvalue weighted by molar-refractivity contribution is 5.75. The lowest BCUT2D eigenvalue weighted by Crippen LogP contribution is -2.59. The number of rotatable bonds is 56. The molecule has 15 nitrogen and oxygen atoms in total. The molecule has 6 N–H and O–H groups in total. The number of aliphatic hydroxyl groups is 4. The molecule has 1 saturated heterocycles. The van der Waals surface area contributed by atoms with Crippen LogP contribution in [0.4, 0.5) is 4.79 Å². The van der Waals surface area contributed by atoms with Gasteiger partial charge in [-0.2, -0.15) is 0 Å². The normalized spacial score (nSPS) is 18.3. The van der Waals surface area contributed by atoms with Gasteiger partial charge < -0.3 is 64.2 Å². The van der Waals surface area contributed by atoms with Crippen molar-refractivity contribution in [1.82, 2.24) is 10.6 Å². The van der Waals surface area contributed by atoms with Gasteiger partial charge in [0.1, 0.15) is 37.1 Å². The zero-order valence-corrected chi connectivity index (χ0v) is 46.9. The number of hydrogen-bond donors (Lipinski definition) is 6. The van der Waals surface area contributed by atoms with Crippen LogP contribution in [-0.4, -0.2) is 148 Å². The Bertz CT molecular complexity index is 1170. The number of unbranched alkanes of at least 4 members (excludes halogenated alkanes) is 32. The van der Waals surface area contributed by atoms with Crippen molar-refractivity contribution in [3.63, 3.8) is 0 Å². The maximum absolute atomic E-state index is 12.6. The molecule has 0 aliphatic carbocycles. The van der Waals surface area contributed by atoms with E-state index in [0.717, 1.165) is 32.1 Å². The van der Waals surface area contributed by atoms with E-state index in [1.807, 2.05) is 0 Å². The highest BCUT2D eigenvalue weighted by Crippen LogP contribution is 2.22. The first kappa shape index (κ1) is 69.4. The molecule has 1 heterocycles. The summed E-state index contributed by atoms with van der Waals surface area (Å²) in [6.45, 7) is 7.97. The zero-order valence-electron chi connectivity index (χ0n) is 46.9. The summed E-state index contributed by atoms with van der Waals surface area (Å²) < 4.78 is 39.4. The fourth-order valence-corrected chi connectivity index (χ4v) is 9.11. The van der Waals surface area contributed by atoms with Gasteiger partial charge in [0.25, 0.3) is 0 Å². The summed E-state index contributed by atoms with van der Waals surface area (Å²) in [6.07, 6.45) is 38.0. The van der Waals surface area contributed by atoms with Crippen molar-refractivity contribution in [3.05, 3.63) is 0 Å². The molecule has 73 heavy (non-hydrogen) atoms. The van der Waals surface area contributed by atoms with E-state index in [-0.39, 0.29) is 38.4 Å². The second kappa shape index (κ2) is 53.7. The van der Waals surface area contributed by atoms with E-state index in [9.17, 15) is 30.0 Å². The smallest absolute Gasteiger partial charge is 0.407 e. The van der Waals surface area contributed by atoms with Gasteiger partial charge in [-0.15, -0.1) is 0 Å². The van der Waals surface area contributed by atoms with E-state index in [1.165, 1.54) is 186 Å². The van der Waals surface area contributed by atoms with E-state index in [1.54, 1.807) is 0 Å². The number of hydrogen-bond acceptors (Lipinski definition) is 13. The van der Waals surface area contributed by atoms with Crippen molar-refractivity contribution in [3.8, 4) is 0 Å². The van der Waals surface area contributed by atoms with Gasteiger partial charge in [-0.3, -0.25) is 4.79 Å². The van der Waals surface area contributed by atoms with Gasteiger partial charge in [-0.25, -0.2) is 4.79 Å². The van der Waals surface area contributed by atoms with Crippen LogP contribution in [0.5, 0.6) is 0 Å². The van der Waals surface area contributed by atoms with E-state index in [4.69, 9.17) is 33.2 Å². The Hall–Kier alpha value is -1.66. The summed E-state index contributed by atoms with van der Waals surface area (Å²) in [4.78, 5) is 24.8. The Morgan fingerprint density at radius 2 is 0.904 bits per heavy atom. The van der Waals surface area contributed by atoms with E-state index in [2.05, 4.69) is 24.5 Å². The lowest BCUT2D eigenvalue weighted by molar-refractivity contribution is -0.302. The average molecular weight is 1050 g/mol. The maximum Gasteiger partial charge on any atom is 0.407 e. The molecule has 0 aromatic carbocycles. The summed E-state index contributed by atoms with van der Waals surface area (Å²) in [7, 11) is 0. The van der Waals surface area contributed by atoms with Crippen LogP contribution in [-0.2, 0) is 38.0 Å². The largest absolute Gasteiger partial charge is 0.447 e. The predicted octanol–water partition coefficient (Wildman–Crippen LogP) is 11.2. The monoisotopic (exact) mass is 1050 g/mol. The van der Waals surface area contributed by atoms with Crippen molar-refractivity contribution in [2.24, 2.45) is 0 Å². The van der Waals surface area contributed by atoms with Crippen LogP contribution in [0.15, 0.2) is 0 Å². The van der Waals surface area contributed by atoms with Gasteiger partial charge in [0, 0.05) is 32.7 Å². The number of nitrogens with one attached hydrogen (secondary N) is 2. The third-order valence-electron chi connectivity index (χ3n) is 13.8. The minimum atomic E-state index is -1.49. The quantitative estimate of drug-likeness (QED) is 0.0314. The van der Waals surface area contributed by atoms with Crippen molar-refractivity contribution in [2.75, 3.05) is 79.2 Å². The first-order valence-electron chi connectivity index (χ1n) is 30.3. The number of amides is 2.